The maximum absolute atomic E-state index is 12.0. The first-order valence-electron chi connectivity index (χ1n) is 5.65. The summed E-state index contributed by atoms with van der Waals surface area (Å²) in [6.07, 6.45) is 0.700. The molecule has 2 fully saturated rings. The van der Waals surface area contributed by atoms with Crippen LogP contribution in [0.2, 0.25) is 0 Å². The van der Waals surface area contributed by atoms with E-state index >= 15 is 0 Å². The summed E-state index contributed by atoms with van der Waals surface area (Å²) in [6.45, 7) is 4.57. The first-order valence-corrected chi connectivity index (χ1v) is 5.65. The minimum absolute atomic E-state index is 0.111. The van der Waals surface area contributed by atoms with Gasteiger partial charge in [0.05, 0.1) is 18.4 Å². The summed E-state index contributed by atoms with van der Waals surface area (Å²) in [5, 5.41) is 3.08. The van der Waals surface area contributed by atoms with Gasteiger partial charge in [0, 0.05) is 26.2 Å². The fourth-order valence-electron chi connectivity index (χ4n) is 2.28. The SMILES string of the molecule is COC(=O)C1(C)CCN(C(=O)C2CNC2)C1. The molecule has 2 saturated heterocycles. The third-order valence-electron chi connectivity index (χ3n) is 3.59. The first-order chi connectivity index (χ1) is 7.57. The number of hydrogen-bond acceptors (Lipinski definition) is 4. The molecule has 1 unspecified atom stereocenters. The molecule has 5 nitrogen and oxygen atoms in total. The van der Waals surface area contributed by atoms with Crippen molar-refractivity contribution in [3.05, 3.63) is 0 Å². The zero-order valence-corrected chi connectivity index (χ0v) is 9.78. The number of ether oxygens (including phenoxy) is 1. The monoisotopic (exact) mass is 226 g/mol. The summed E-state index contributed by atoms with van der Waals surface area (Å²) in [5.41, 5.74) is -0.512. The van der Waals surface area contributed by atoms with E-state index in [1.54, 1.807) is 4.90 Å². The van der Waals surface area contributed by atoms with Crippen LogP contribution in [0.15, 0.2) is 0 Å². The number of carbonyl (C=O) groups is 2. The fraction of sp³-hybridized carbons (Fsp3) is 0.818. The summed E-state index contributed by atoms with van der Waals surface area (Å²) in [5.74, 6) is 0.0703. The maximum Gasteiger partial charge on any atom is 0.313 e. The molecule has 0 aromatic heterocycles. The van der Waals surface area contributed by atoms with Crippen molar-refractivity contribution in [1.29, 1.82) is 0 Å². The lowest BCUT2D eigenvalue weighted by Gasteiger charge is -2.30. The van der Waals surface area contributed by atoms with Crippen molar-refractivity contribution in [2.45, 2.75) is 13.3 Å². The Bertz CT molecular complexity index is 314. The zero-order valence-electron chi connectivity index (χ0n) is 9.78. The maximum atomic E-state index is 12.0. The number of nitrogens with one attached hydrogen (secondary N) is 1. The van der Waals surface area contributed by atoms with Crippen LogP contribution in [0.1, 0.15) is 13.3 Å². The van der Waals surface area contributed by atoms with E-state index < -0.39 is 5.41 Å². The van der Waals surface area contributed by atoms with Gasteiger partial charge in [0.1, 0.15) is 0 Å². The Balaban J connectivity index is 1.96. The van der Waals surface area contributed by atoms with Crippen molar-refractivity contribution < 1.29 is 14.3 Å². The van der Waals surface area contributed by atoms with Crippen molar-refractivity contribution in [2.24, 2.45) is 11.3 Å². The molecule has 0 radical (unpaired) electrons. The quantitative estimate of drug-likeness (QED) is 0.652. The van der Waals surface area contributed by atoms with Gasteiger partial charge in [-0.1, -0.05) is 0 Å². The Morgan fingerprint density at radius 1 is 1.44 bits per heavy atom. The highest BCUT2D eigenvalue weighted by Crippen LogP contribution is 2.32. The van der Waals surface area contributed by atoms with Gasteiger partial charge in [0.2, 0.25) is 5.91 Å². The molecular formula is C11H18N2O3. The minimum atomic E-state index is -0.512. The second-order valence-electron chi connectivity index (χ2n) is 4.92. The molecule has 2 aliphatic rings. The predicted octanol–water partition coefficient (Wildman–Crippen LogP) is -0.383. The van der Waals surface area contributed by atoms with Gasteiger partial charge in [-0.25, -0.2) is 0 Å². The molecule has 0 aromatic rings. The van der Waals surface area contributed by atoms with Gasteiger partial charge in [-0.05, 0) is 13.3 Å². The van der Waals surface area contributed by atoms with Gasteiger partial charge >= 0.3 is 5.97 Å². The van der Waals surface area contributed by atoms with Crippen LogP contribution in [-0.2, 0) is 14.3 Å². The largest absolute Gasteiger partial charge is 0.469 e. The molecule has 0 spiro atoms. The minimum Gasteiger partial charge on any atom is -0.469 e. The van der Waals surface area contributed by atoms with Crippen LogP contribution in [0.5, 0.6) is 0 Å². The lowest BCUT2D eigenvalue weighted by molar-refractivity contribution is -0.151. The predicted molar refractivity (Wildman–Crippen MR) is 57.7 cm³/mol. The number of amides is 1. The summed E-state index contributed by atoms with van der Waals surface area (Å²) < 4.78 is 4.78. The number of rotatable bonds is 2. The van der Waals surface area contributed by atoms with E-state index in [0.29, 0.717) is 19.5 Å². The second-order valence-corrected chi connectivity index (χ2v) is 4.92. The van der Waals surface area contributed by atoms with Crippen molar-refractivity contribution in [3.63, 3.8) is 0 Å². The van der Waals surface area contributed by atoms with E-state index in [2.05, 4.69) is 5.32 Å². The van der Waals surface area contributed by atoms with Crippen LogP contribution in [-0.4, -0.2) is 50.1 Å². The number of carbonyl (C=O) groups excluding carboxylic acids is 2. The lowest BCUT2D eigenvalue weighted by Crippen LogP contribution is -2.52. The third kappa shape index (κ3) is 1.80. The molecule has 90 valence electrons. The Morgan fingerprint density at radius 3 is 2.62 bits per heavy atom. The Kier molecular flexibility index (Phi) is 2.88. The number of nitrogens with zero attached hydrogens (tertiary/aromatic N) is 1. The molecule has 2 aliphatic heterocycles. The summed E-state index contributed by atoms with van der Waals surface area (Å²) >= 11 is 0. The van der Waals surface area contributed by atoms with E-state index in [1.165, 1.54) is 7.11 Å². The van der Waals surface area contributed by atoms with E-state index in [-0.39, 0.29) is 17.8 Å². The average molecular weight is 226 g/mol. The molecule has 16 heavy (non-hydrogen) atoms. The van der Waals surface area contributed by atoms with Gasteiger partial charge in [-0.3, -0.25) is 9.59 Å². The Morgan fingerprint density at radius 2 is 2.12 bits per heavy atom. The van der Waals surface area contributed by atoms with Crippen LogP contribution >= 0.6 is 0 Å². The topological polar surface area (TPSA) is 58.6 Å². The van der Waals surface area contributed by atoms with Gasteiger partial charge in [-0.15, -0.1) is 0 Å². The molecule has 2 heterocycles. The zero-order chi connectivity index (χ0) is 11.8. The molecule has 2 rings (SSSR count). The van der Waals surface area contributed by atoms with Crippen LogP contribution < -0.4 is 5.32 Å². The number of hydrogen-bond donors (Lipinski definition) is 1. The van der Waals surface area contributed by atoms with E-state index in [4.69, 9.17) is 4.74 Å². The summed E-state index contributed by atoms with van der Waals surface area (Å²) in [4.78, 5) is 25.3. The normalized spacial score (nSPS) is 30.0. The van der Waals surface area contributed by atoms with Crippen molar-refractivity contribution >= 4 is 11.9 Å². The summed E-state index contributed by atoms with van der Waals surface area (Å²) in [7, 11) is 1.40. The molecule has 1 amide bonds. The van der Waals surface area contributed by atoms with Crippen LogP contribution in [0.25, 0.3) is 0 Å². The Hall–Kier alpha value is -1.10. The van der Waals surface area contributed by atoms with Gasteiger partial charge in [0.15, 0.2) is 0 Å². The molecule has 0 aromatic carbocycles. The van der Waals surface area contributed by atoms with Gasteiger partial charge in [0.25, 0.3) is 0 Å². The first kappa shape index (κ1) is 11.4. The van der Waals surface area contributed by atoms with E-state index in [1.807, 2.05) is 6.92 Å². The number of likely N-dealkylation sites (tertiary alicyclic amines) is 1. The highest BCUT2D eigenvalue weighted by molar-refractivity contribution is 5.83. The second kappa shape index (κ2) is 4.05. The van der Waals surface area contributed by atoms with Crippen molar-refractivity contribution in [3.8, 4) is 0 Å². The van der Waals surface area contributed by atoms with Crippen LogP contribution in [0.4, 0.5) is 0 Å². The average Bonchev–Trinajstić information content (AvgIpc) is 2.58. The van der Waals surface area contributed by atoms with Crippen LogP contribution in [0.3, 0.4) is 0 Å². The standard InChI is InChI=1S/C11H18N2O3/c1-11(10(15)16-2)3-4-13(7-11)9(14)8-5-12-6-8/h8,12H,3-7H2,1-2H3. The highest BCUT2D eigenvalue weighted by atomic mass is 16.5. The molecule has 0 bridgehead atoms. The van der Waals surface area contributed by atoms with Crippen molar-refractivity contribution in [1.82, 2.24) is 10.2 Å². The Labute approximate surface area is 95.1 Å². The molecule has 5 heteroatoms. The molecule has 1 atom stereocenters. The molecule has 0 saturated carbocycles. The van der Waals surface area contributed by atoms with Gasteiger partial charge < -0.3 is 15.0 Å². The fourth-order valence-corrected chi connectivity index (χ4v) is 2.28. The molecular weight excluding hydrogens is 208 g/mol. The lowest BCUT2D eigenvalue weighted by atomic mass is 9.90. The van der Waals surface area contributed by atoms with Gasteiger partial charge in [-0.2, -0.15) is 0 Å². The smallest absolute Gasteiger partial charge is 0.313 e. The number of methoxy groups -OCH3 is 1. The third-order valence-corrected chi connectivity index (χ3v) is 3.59. The molecule has 0 aliphatic carbocycles. The summed E-state index contributed by atoms with van der Waals surface area (Å²) in [6, 6.07) is 0. The number of esters is 1. The van der Waals surface area contributed by atoms with Crippen molar-refractivity contribution in [2.75, 3.05) is 33.3 Å². The van der Waals surface area contributed by atoms with E-state index in [0.717, 1.165) is 13.1 Å². The highest BCUT2D eigenvalue weighted by Gasteiger charge is 2.44. The van der Waals surface area contributed by atoms with Crippen LogP contribution in [0, 0.1) is 11.3 Å². The van der Waals surface area contributed by atoms with E-state index in [9.17, 15) is 9.59 Å². The molecule has 1 N–H and O–H groups in total.